The largest absolute Gasteiger partial charge is 0.356 e. The fourth-order valence-corrected chi connectivity index (χ4v) is 2.01. The molecule has 1 rings (SSSR count). The Hall–Kier alpha value is -0.880. The zero-order chi connectivity index (χ0) is 12.0. The molecule has 1 aromatic rings. The Labute approximate surface area is 105 Å². The van der Waals surface area contributed by atoms with Crippen LogP contribution in [0.15, 0.2) is 10.8 Å². The van der Waals surface area contributed by atoms with Crippen molar-refractivity contribution >= 4 is 27.6 Å². The minimum Gasteiger partial charge on any atom is -0.356 e. The van der Waals surface area contributed by atoms with E-state index in [1.165, 1.54) is 12.7 Å². The van der Waals surface area contributed by atoms with Crippen LogP contribution in [0.4, 0.5) is 11.6 Å². The number of anilines is 2. The molecule has 0 saturated heterocycles. The SMILES string of the molecule is CCCCN(CC)c1ncnc(NN)c1Br. The van der Waals surface area contributed by atoms with Crippen molar-refractivity contribution in [2.45, 2.75) is 26.7 Å². The van der Waals surface area contributed by atoms with E-state index in [2.05, 4.69) is 50.1 Å². The van der Waals surface area contributed by atoms with Crippen LogP contribution in [-0.2, 0) is 0 Å². The van der Waals surface area contributed by atoms with Gasteiger partial charge >= 0.3 is 0 Å². The molecule has 5 nitrogen and oxygen atoms in total. The summed E-state index contributed by atoms with van der Waals surface area (Å²) in [5.74, 6) is 6.87. The van der Waals surface area contributed by atoms with Crippen LogP contribution < -0.4 is 16.2 Å². The van der Waals surface area contributed by atoms with Gasteiger partial charge in [-0.3, -0.25) is 0 Å². The van der Waals surface area contributed by atoms with Crippen molar-refractivity contribution in [2.75, 3.05) is 23.4 Å². The van der Waals surface area contributed by atoms with Crippen molar-refractivity contribution in [3.8, 4) is 0 Å². The van der Waals surface area contributed by atoms with Crippen LogP contribution in [0.5, 0.6) is 0 Å². The molecule has 16 heavy (non-hydrogen) atoms. The molecule has 0 radical (unpaired) electrons. The Bertz CT molecular complexity index is 331. The summed E-state index contributed by atoms with van der Waals surface area (Å²) in [5.41, 5.74) is 2.55. The molecule has 0 aliphatic carbocycles. The fraction of sp³-hybridized carbons (Fsp3) is 0.600. The first kappa shape index (κ1) is 13.2. The van der Waals surface area contributed by atoms with E-state index < -0.39 is 0 Å². The molecule has 0 unspecified atom stereocenters. The minimum atomic E-state index is 0.611. The molecule has 0 atom stereocenters. The molecular formula is C10H18BrN5. The van der Waals surface area contributed by atoms with E-state index in [9.17, 15) is 0 Å². The van der Waals surface area contributed by atoms with Gasteiger partial charge in [-0.15, -0.1) is 0 Å². The number of hydrogen-bond acceptors (Lipinski definition) is 5. The van der Waals surface area contributed by atoms with Crippen LogP contribution in [0.1, 0.15) is 26.7 Å². The summed E-state index contributed by atoms with van der Waals surface area (Å²) < 4.78 is 0.815. The second-order valence-electron chi connectivity index (χ2n) is 3.44. The molecule has 0 aliphatic heterocycles. The van der Waals surface area contributed by atoms with Crippen molar-refractivity contribution < 1.29 is 0 Å². The van der Waals surface area contributed by atoms with Gasteiger partial charge in [0.15, 0.2) is 5.82 Å². The summed E-state index contributed by atoms with van der Waals surface area (Å²) in [4.78, 5) is 10.5. The number of hydrazine groups is 1. The predicted molar refractivity (Wildman–Crippen MR) is 70.3 cm³/mol. The molecule has 0 fully saturated rings. The first-order valence-corrected chi connectivity index (χ1v) is 6.25. The van der Waals surface area contributed by atoms with E-state index in [1.54, 1.807) is 0 Å². The summed E-state index contributed by atoms with van der Waals surface area (Å²) >= 11 is 3.47. The lowest BCUT2D eigenvalue weighted by Crippen LogP contribution is -2.26. The Morgan fingerprint density at radius 3 is 2.75 bits per heavy atom. The van der Waals surface area contributed by atoms with E-state index in [4.69, 9.17) is 5.84 Å². The van der Waals surface area contributed by atoms with Gasteiger partial charge in [-0.2, -0.15) is 0 Å². The lowest BCUT2D eigenvalue weighted by atomic mass is 10.3. The summed E-state index contributed by atoms with van der Waals surface area (Å²) in [6, 6.07) is 0. The number of hydrogen-bond donors (Lipinski definition) is 2. The van der Waals surface area contributed by atoms with Crippen LogP contribution >= 0.6 is 15.9 Å². The van der Waals surface area contributed by atoms with Crippen LogP contribution in [0.25, 0.3) is 0 Å². The molecule has 90 valence electrons. The van der Waals surface area contributed by atoms with E-state index in [0.717, 1.165) is 29.8 Å². The molecule has 0 saturated carbocycles. The lowest BCUT2D eigenvalue weighted by molar-refractivity contribution is 0.721. The van der Waals surface area contributed by atoms with Gasteiger partial charge in [0.2, 0.25) is 0 Å². The number of nitrogens with two attached hydrogens (primary N) is 1. The molecule has 1 heterocycles. The molecular weight excluding hydrogens is 270 g/mol. The number of nitrogens with zero attached hydrogens (tertiary/aromatic N) is 3. The van der Waals surface area contributed by atoms with Gasteiger partial charge in [0.1, 0.15) is 16.6 Å². The Morgan fingerprint density at radius 2 is 2.19 bits per heavy atom. The van der Waals surface area contributed by atoms with Gasteiger partial charge in [-0.05, 0) is 29.3 Å². The van der Waals surface area contributed by atoms with Gasteiger partial charge in [0, 0.05) is 13.1 Å². The predicted octanol–water partition coefficient (Wildman–Crippen LogP) is 2.15. The highest BCUT2D eigenvalue weighted by molar-refractivity contribution is 9.10. The van der Waals surface area contributed by atoms with Gasteiger partial charge in [-0.25, -0.2) is 15.8 Å². The standard InChI is InChI=1S/C10H18BrN5/c1-3-5-6-16(4-2)10-8(11)9(15-12)13-7-14-10/h7H,3-6,12H2,1-2H3,(H,13,14,15). The average Bonchev–Trinajstić information content (AvgIpc) is 2.32. The monoisotopic (exact) mass is 287 g/mol. The molecule has 6 heteroatoms. The van der Waals surface area contributed by atoms with Crippen LogP contribution in [0, 0.1) is 0 Å². The third kappa shape index (κ3) is 3.05. The summed E-state index contributed by atoms with van der Waals surface area (Å²) in [7, 11) is 0. The third-order valence-corrected chi connectivity index (χ3v) is 3.10. The molecule has 3 N–H and O–H groups in total. The number of aromatic nitrogens is 2. The van der Waals surface area contributed by atoms with Crippen molar-refractivity contribution in [1.82, 2.24) is 9.97 Å². The van der Waals surface area contributed by atoms with Crippen LogP contribution in [-0.4, -0.2) is 23.1 Å². The van der Waals surface area contributed by atoms with Gasteiger partial charge < -0.3 is 10.3 Å². The second kappa shape index (κ2) is 6.65. The maximum atomic E-state index is 5.37. The fourth-order valence-electron chi connectivity index (χ4n) is 1.44. The second-order valence-corrected chi connectivity index (χ2v) is 4.23. The van der Waals surface area contributed by atoms with Gasteiger partial charge in [0.25, 0.3) is 0 Å². The van der Waals surface area contributed by atoms with Crippen molar-refractivity contribution in [3.05, 3.63) is 10.8 Å². The van der Waals surface area contributed by atoms with Gasteiger partial charge in [-0.1, -0.05) is 13.3 Å². The first-order valence-electron chi connectivity index (χ1n) is 5.46. The van der Waals surface area contributed by atoms with E-state index in [0.29, 0.717) is 5.82 Å². The Morgan fingerprint density at radius 1 is 1.44 bits per heavy atom. The Balaban J connectivity index is 2.91. The molecule has 0 aromatic carbocycles. The topological polar surface area (TPSA) is 67.1 Å². The van der Waals surface area contributed by atoms with Crippen molar-refractivity contribution in [1.29, 1.82) is 0 Å². The molecule has 0 amide bonds. The number of nitrogen functional groups attached to an aromatic ring is 1. The minimum absolute atomic E-state index is 0.611. The number of halogens is 1. The van der Waals surface area contributed by atoms with Gasteiger partial charge in [0.05, 0.1) is 0 Å². The average molecular weight is 288 g/mol. The molecule has 0 bridgehead atoms. The quantitative estimate of drug-likeness (QED) is 0.620. The smallest absolute Gasteiger partial charge is 0.159 e. The molecule has 0 spiro atoms. The van der Waals surface area contributed by atoms with Crippen LogP contribution in [0.3, 0.4) is 0 Å². The Kier molecular flexibility index (Phi) is 5.48. The van der Waals surface area contributed by atoms with Crippen molar-refractivity contribution in [3.63, 3.8) is 0 Å². The first-order chi connectivity index (χ1) is 7.74. The zero-order valence-electron chi connectivity index (χ0n) is 9.70. The van der Waals surface area contributed by atoms with E-state index in [1.807, 2.05) is 0 Å². The summed E-state index contributed by atoms with van der Waals surface area (Å²) in [5, 5.41) is 0. The normalized spacial score (nSPS) is 10.2. The zero-order valence-corrected chi connectivity index (χ0v) is 11.3. The van der Waals surface area contributed by atoms with E-state index in [-0.39, 0.29) is 0 Å². The maximum absolute atomic E-state index is 5.37. The summed E-state index contributed by atoms with van der Waals surface area (Å²) in [6.45, 7) is 6.20. The maximum Gasteiger partial charge on any atom is 0.159 e. The number of nitrogens with one attached hydrogen (secondary N) is 1. The highest BCUT2D eigenvalue weighted by Gasteiger charge is 2.13. The molecule has 0 aliphatic rings. The number of unbranched alkanes of at least 4 members (excludes halogenated alkanes) is 1. The van der Waals surface area contributed by atoms with Crippen LogP contribution in [0.2, 0.25) is 0 Å². The summed E-state index contributed by atoms with van der Waals surface area (Å²) in [6.07, 6.45) is 3.83. The highest BCUT2D eigenvalue weighted by atomic mass is 79.9. The lowest BCUT2D eigenvalue weighted by Gasteiger charge is -2.23. The van der Waals surface area contributed by atoms with E-state index >= 15 is 0 Å². The number of rotatable bonds is 6. The highest BCUT2D eigenvalue weighted by Crippen LogP contribution is 2.28. The molecule has 1 aromatic heterocycles. The third-order valence-electron chi connectivity index (χ3n) is 2.37. The van der Waals surface area contributed by atoms with Crippen molar-refractivity contribution in [2.24, 2.45) is 5.84 Å².